The smallest absolute Gasteiger partial charge is 0.232 e. The maximum atomic E-state index is 12.2. The molecular weight excluding hydrogens is 376 g/mol. The van der Waals surface area contributed by atoms with Crippen molar-refractivity contribution in [3.8, 4) is 5.75 Å². The monoisotopic (exact) mass is 404 g/mol. The van der Waals surface area contributed by atoms with Crippen LogP contribution in [0.2, 0.25) is 0 Å². The summed E-state index contributed by atoms with van der Waals surface area (Å²) in [5.74, 6) is 0.663. The van der Waals surface area contributed by atoms with Gasteiger partial charge < -0.3 is 10.1 Å². The summed E-state index contributed by atoms with van der Waals surface area (Å²) in [5.41, 5.74) is 2.49. The van der Waals surface area contributed by atoms with E-state index >= 15 is 0 Å². The van der Waals surface area contributed by atoms with E-state index in [0.717, 1.165) is 16.9 Å². The van der Waals surface area contributed by atoms with Gasteiger partial charge in [-0.05, 0) is 49.6 Å². The highest BCUT2D eigenvalue weighted by molar-refractivity contribution is 7.92. The first-order valence-corrected chi connectivity index (χ1v) is 11.2. The topological polar surface area (TPSA) is 75.7 Å². The number of sulfonamides is 1. The minimum Gasteiger partial charge on any atom is -0.494 e. The molecule has 0 heterocycles. The first-order chi connectivity index (χ1) is 13.3. The fourth-order valence-corrected chi connectivity index (χ4v) is 3.92. The number of amides is 1. The van der Waals surface area contributed by atoms with E-state index in [1.54, 1.807) is 6.07 Å². The van der Waals surface area contributed by atoms with Gasteiger partial charge in [-0.15, -0.1) is 0 Å². The van der Waals surface area contributed by atoms with Gasteiger partial charge in [0.25, 0.3) is 0 Å². The Hall–Kier alpha value is -2.54. The van der Waals surface area contributed by atoms with Gasteiger partial charge in [0.05, 0.1) is 18.6 Å². The van der Waals surface area contributed by atoms with E-state index in [4.69, 9.17) is 4.74 Å². The van der Waals surface area contributed by atoms with Crippen LogP contribution >= 0.6 is 0 Å². The minimum atomic E-state index is -3.42. The fourth-order valence-electron chi connectivity index (χ4n) is 2.89. The SMILES string of the molecule is CCOc1cccc(CNC(=O)CCCN(c2ccccc2C)S(C)(=O)=O)c1. The third kappa shape index (κ3) is 6.56. The Kier molecular flexibility index (Phi) is 7.87. The number of nitrogens with zero attached hydrogens (tertiary/aromatic N) is 1. The third-order valence-electron chi connectivity index (χ3n) is 4.25. The number of aryl methyl sites for hydroxylation is 1. The van der Waals surface area contributed by atoms with Gasteiger partial charge in [0.2, 0.25) is 15.9 Å². The molecule has 0 spiro atoms. The van der Waals surface area contributed by atoms with Gasteiger partial charge in [-0.25, -0.2) is 8.42 Å². The molecule has 0 unspecified atom stereocenters. The lowest BCUT2D eigenvalue weighted by atomic mass is 10.2. The van der Waals surface area contributed by atoms with Gasteiger partial charge in [-0.1, -0.05) is 30.3 Å². The van der Waals surface area contributed by atoms with E-state index < -0.39 is 10.0 Å². The van der Waals surface area contributed by atoms with Crippen LogP contribution in [-0.2, 0) is 21.4 Å². The molecule has 0 atom stereocenters. The number of hydrogen-bond acceptors (Lipinski definition) is 4. The zero-order chi connectivity index (χ0) is 20.6. The summed E-state index contributed by atoms with van der Waals surface area (Å²) < 4.78 is 31.2. The van der Waals surface area contributed by atoms with Crippen LogP contribution in [0.4, 0.5) is 5.69 Å². The van der Waals surface area contributed by atoms with E-state index in [1.165, 1.54) is 10.6 Å². The largest absolute Gasteiger partial charge is 0.494 e. The van der Waals surface area contributed by atoms with Crippen molar-refractivity contribution in [2.24, 2.45) is 0 Å². The number of benzene rings is 2. The molecule has 2 aromatic rings. The molecule has 2 rings (SSSR count). The highest BCUT2D eigenvalue weighted by Crippen LogP contribution is 2.22. The molecule has 0 saturated carbocycles. The van der Waals surface area contributed by atoms with Crippen LogP contribution in [0.25, 0.3) is 0 Å². The number of nitrogens with one attached hydrogen (secondary N) is 1. The van der Waals surface area contributed by atoms with Crippen molar-refractivity contribution in [3.63, 3.8) is 0 Å². The Bertz CT molecular complexity index is 897. The number of anilines is 1. The lowest BCUT2D eigenvalue weighted by molar-refractivity contribution is -0.121. The van der Waals surface area contributed by atoms with E-state index in [9.17, 15) is 13.2 Å². The lowest BCUT2D eigenvalue weighted by Crippen LogP contribution is -2.32. The van der Waals surface area contributed by atoms with Crippen LogP contribution in [0.15, 0.2) is 48.5 Å². The van der Waals surface area contributed by atoms with Crippen molar-refractivity contribution in [2.75, 3.05) is 23.7 Å². The number of hydrogen-bond donors (Lipinski definition) is 1. The molecule has 7 heteroatoms. The van der Waals surface area contributed by atoms with Crippen molar-refractivity contribution in [1.82, 2.24) is 5.32 Å². The lowest BCUT2D eigenvalue weighted by Gasteiger charge is -2.24. The van der Waals surface area contributed by atoms with Gasteiger partial charge >= 0.3 is 0 Å². The predicted octanol–water partition coefficient (Wildman–Crippen LogP) is 3.26. The molecule has 1 N–H and O–H groups in total. The van der Waals surface area contributed by atoms with E-state index in [2.05, 4.69) is 5.32 Å². The number of para-hydroxylation sites is 1. The molecule has 0 bridgehead atoms. The standard InChI is InChI=1S/C21H28N2O4S/c1-4-27-19-11-7-10-18(15-19)16-22-21(24)13-8-14-23(28(3,25)26)20-12-6-5-9-17(20)2/h5-7,9-12,15H,4,8,13-14,16H2,1-3H3,(H,22,24). The van der Waals surface area contributed by atoms with Crippen LogP contribution in [0.1, 0.15) is 30.9 Å². The summed E-state index contributed by atoms with van der Waals surface area (Å²) in [5, 5.41) is 2.87. The van der Waals surface area contributed by atoms with Crippen molar-refractivity contribution in [2.45, 2.75) is 33.2 Å². The number of carbonyl (C=O) groups is 1. The molecular formula is C21H28N2O4S. The molecule has 0 aliphatic heterocycles. The second kappa shape index (κ2) is 10.1. The van der Waals surface area contributed by atoms with Gasteiger partial charge in [0, 0.05) is 19.5 Å². The molecule has 0 fully saturated rings. The van der Waals surface area contributed by atoms with Gasteiger partial charge in [-0.3, -0.25) is 9.10 Å². The quantitative estimate of drug-likeness (QED) is 0.659. The Morgan fingerprint density at radius 2 is 1.89 bits per heavy atom. The van der Waals surface area contributed by atoms with Gasteiger partial charge in [-0.2, -0.15) is 0 Å². The second-order valence-electron chi connectivity index (χ2n) is 6.58. The van der Waals surface area contributed by atoms with Crippen molar-refractivity contribution >= 4 is 21.6 Å². The molecule has 2 aromatic carbocycles. The predicted molar refractivity (Wildman–Crippen MR) is 112 cm³/mol. The summed E-state index contributed by atoms with van der Waals surface area (Å²) in [6.07, 6.45) is 1.88. The highest BCUT2D eigenvalue weighted by atomic mass is 32.2. The highest BCUT2D eigenvalue weighted by Gasteiger charge is 2.19. The van der Waals surface area contributed by atoms with Crippen LogP contribution in [0.3, 0.4) is 0 Å². The molecule has 0 saturated heterocycles. The Labute approximate surface area is 167 Å². The van der Waals surface area contributed by atoms with Crippen LogP contribution in [-0.4, -0.2) is 33.7 Å². The minimum absolute atomic E-state index is 0.111. The summed E-state index contributed by atoms with van der Waals surface area (Å²) in [7, 11) is -3.42. The van der Waals surface area contributed by atoms with Crippen LogP contribution in [0, 0.1) is 6.92 Å². The fraction of sp³-hybridized carbons (Fsp3) is 0.381. The molecule has 6 nitrogen and oxygen atoms in total. The zero-order valence-corrected chi connectivity index (χ0v) is 17.5. The maximum Gasteiger partial charge on any atom is 0.232 e. The summed E-state index contributed by atoms with van der Waals surface area (Å²) in [6.45, 7) is 5.06. The Morgan fingerprint density at radius 3 is 2.57 bits per heavy atom. The van der Waals surface area contributed by atoms with Crippen LogP contribution in [0.5, 0.6) is 5.75 Å². The Morgan fingerprint density at radius 1 is 1.14 bits per heavy atom. The summed E-state index contributed by atoms with van der Waals surface area (Å²) in [4.78, 5) is 12.2. The maximum absolute atomic E-state index is 12.2. The zero-order valence-electron chi connectivity index (χ0n) is 16.6. The summed E-state index contributed by atoms with van der Waals surface area (Å²) >= 11 is 0. The molecule has 0 aromatic heterocycles. The van der Waals surface area contributed by atoms with Crippen molar-refractivity contribution in [1.29, 1.82) is 0 Å². The van der Waals surface area contributed by atoms with E-state index in [1.807, 2.05) is 56.3 Å². The summed E-state index contributed by atoms with van der Waals surface area (Å²) in [6, 6.07) is 14.9. The Balaban J connectivity index is 1.88. The molecule has 1 amide bonds. The van der Waals surface area contributed by atoms with Crippen LogP contribution < -0.4 is 14.4 Å². The van der Waals surface area contributed by atoms with Gasteiger partial charge in [0.1, 0.15) is 5.75 Å². The molecule has 0 radical (unpaired) electrons. The second-order valence-corrected chi connectivity index (χ2v) is 8.49. The normalized spacial score (nSPS) is 11.1. The van der Waals surface area contributed by atoms with E-state index in [-0.39, 0.29) is 18.9 Å². The average molecular weight is 405 g/mol. The first kappa shape index (κ1) is 21.8. The molecule has 0 aliphatic rings. The molecule has 0 aliphatic carbocycles. The molecule has 28 heavy (non-hydrogen) atoms. The van der Waals surface area contributed by atoms with Crippen molar-refractivity contribution in [3.05, 3.63) is 59.7 Å². The number of rotatable bonds is 10. The van der Waals surface area contributed by atoms with Gasteiger partial charge in [0.15, 0.2) is 0 Å². The number of ether oxygens (including phenoxy) is 1. The first-order valence-electron chi connectivity index (χ1n) is 9.33. The average Bonchev–Trinajstić information content (AvgIpc) is 2.64. The number of carbonyl (C=O) groups excluding carboxylic acids is 1. The third-order valence-corrected chi connectivity index (χ3v) is 5.43. The molecule has 152 valence electrons. The van der Waals surface area contributed by atoms with Crippen molar-refractivity contribution < 1.29 is 17.9 Å². The van der Waals surface area contributed by atoms with E-state index in [0.29, 0.717) is 25.3 Å².